The van der Waals surface area contributed by atoms with E-state index in [2.05, 4.69) is 10.6 Å². The van der Waals surface area contributed by atoms with Gasteiger partial charge in [-0.15, -0.1) is 11.8 Å². The fourth-order valence-corrected chi connectivity index (χ4v) is 3.34. The van der Waals surface area contributed by atoms with E-state index in [0.717, 1.165) is 5.56 Å². The zero-order valence-corrected chi connectivity index (χ0v) is 17.2. The molecule has 0 saturated carbocycles. The van der Waals surface area contributed by atoms with E-state index in [1.165, 1.54) is 17.8 Å². The Kier molecular flexibility index (Phi) is 6.48. The Labute approximate surface area is 177 Å². The Balaban J connectivity index is 1.80. The van der Waals surface area contributed by atoms with E-state index in [1.54, 1.807) is 60.9 Å². The Morgan fingerprint density at radius 1 is 0.900 bits per heavy atom. The van der Waals surface area contributed by atoms with Crippen molar-refractivity contribution in [2.24, 2.45) is 0 Å². The second-order valence-corrected chi connectivity index (χ2v) is 7.30. The quantitative estimate of drug-likeness (QED) is 0.326. The lowest BCUT2D eigenvalue weighted by molar-refractivity contribution is -0.387. The third-order valence-electron chi connectivity index (χ3n) is 4.42. The predicted molar refractivity (Wildman–Crippen MR) is 118 cm³/mol. The second kappa shape index (κ2) is 9.23. The maximum atomic E-state index is 12.7. The molecule has 3 aromatic carbocycles. The van der Waals surface area contributed by atoms with Gasteiger partial charge in [0, 0.05) is 28.6 Å². The van der Waals surface area contributed by atoms with Gasteiger partial charge >= 0.3 is 0 Å². The molecular weight excluding hydrogens is 402 g/mol. The molecule has 0 aliphatic heterocycles. The van der Waals surface area contributed by atoms with Crippen LogP contribution >= 0.6 is 11.8 Å². The van der Waals surface area contributed by atoms with Crippen LogP contribution in [0.2, 0.25) is 0 Å². The number of rotatable bonds is 6. The topological polar surface area (TPSA) is 101 Å². The number of nitrogens with zero attached hydrogens (tertiary/aromatic N) is 1. The lowest BCUT2D eigenvalue weighted by atomic mass is 10.1. The summed E-state index contributed by atoms with van der Waals surface area (Å²) in [6.07, 6.45) is 1.74. The van der Waals surface area contributed by atoms with E-state index >= 15 is 0 Å². The third-order valence-corrected chi connectivity index (χ3v) is 5.20. The molecule has 3 rings (SSSR count). The van der Waals surface area contributed by atoms with E-state index in [-0.39, 0.29) is 17.2 Å². The monoisotopic (exact) mass is 421 g/mol. The lowest BCUT2D eigenvalue weighted by Gasteiger charge is -2.12. The van der Waals surface area contributed by atoms with E-state index in [4.69, 9.17) is 0 Å². The van der Waals surface area contributed by atoms with Gasteiger partial charge in [0.05, 0.1) is 9.82 Å². The summed E-state index contributed by atoms with van der Waals surface area (Å²) in [4.78, 5) is 36.3. The molecule has 0 spiro atoms. The van der Waals surface area contributed by atoms with Gasteiger partial charge in [0.1, 0.15) is 0 Å². The van der Waals surface area contributed by atoms with Gasteiger partial charge in [0.15, 0.2) is 0 Å². The van der Waals surface area contributed by atoms with E-state index in [1.807, 2.05) is 13.0 Å². The van der Waals surface area contributed by atoms with Crippen LogP contribution in [0.1, 0.15) is 26.3 Å². The van der Waals surface area contributed by atoms with Crippen LogP contribution in [0.3, 0.4) is 0 Å². The lowest BCUT2D eigenvalue weighted by Crippen LogP contribution is -2.15. The van der Waals surface area contributed by atoms with Gasteiger partial charge in [-0.05, 0) is 55.1 Å². The number of hydrogen-bond acceptors (Lipinski definition) is 5. The van der Waals surface area contributed by atoms with Crippen LogP contribution in [0.25, 0.3) is 0 Å². The standard InChI is InChI=1S/C22H19N3O4S/c1-14-8-10-17(23-21(26)15-6-4-3-5-7-15)13-18(14)24-22(27)16-9-11-20(30-2)19(12-16)25(28)29/h3-13H,1-2H3,(H,23,26)(H,24,27). The Morgan fingerprint density at radius 2 is 1.60 bits per heavy atom. The van der Waals surface area contributed by atoms with Gasteiger partial charge in [-0.1, -0.05) is 24.3 Å². The summed E-state index contributed by atoms with van der Waals surface area (Å²) in [6.45, 7) is 1.82. The van der Waals surface area contributed by atoms with Crippen LogP contribution < -0.4 is 10.6 Å². The largest absolute Gasteiger partial charge is 0.322 e. The molecule has 0 unspecified atom stereocenters. The molecule has 2 N–H and O–H groups in total. The highest BCUT2D eigenvalue weighted by Crippen LogP contribution is 2.29. The van der Waals surface area contributed by atoms with Gasteiger partial charge in [0.25, 0.3) is 17.5 Å². The summed E-state index contributed by atoms with van der Waals surface area (Å²) >= 11 is 1.24. The third kappa shape index (κ3) is 4.84. The molecule has 2 amide bonds. The van der Waals surface area contributed by atoms with Crippen LogP contribution in [0.15, 0.2) is 71.6 Å². The van der Waals surface area contributed by atoms with Gasteiger partial charge in [-0.3, -0.25) is 19.7 Å². The molecule has 0 fully saturated rings. The van der Waals surface area contributed by atoms with Crippen molar-refractivity contribution < 1.29 is 14.5 Å². The van der Waals surface area contributed by atoms with Crippen LogP contribution in [0.5, 0.6) is 0 Å². The molecule has 0 aromatic heterocycles. The number of anilines is 2. The average Bonchev–Trinajstić information content (AvgIpc) is 2.76. The summed E-state index contributed by atoms with van der Waals surface area (Å²) < 4.78 is 0. The minimum Gasteiger partial charge on any atom is -0.322 e. The number of nitro benzene ring substituents is 1. The minimum atomic E-state index is -0.506. The molecule has 0 saturated heterocycles. The molecule has 30 heavy (non-hydrogen) atoms. The summed E-state index contributed by atoms with van der Waals surface area (Å²) in [5.74, 6) is -0.736. The number of aryl methyl sites for hydroxylation is 1. The number of hydrogen-bond donors (Lipinski definition) is 2. The molecule has 0 atom stereocenters. The van der Waals surface area contributed by atoms with Crippen molar-refractivity contribution in [2.45, 2.75) is 11.8 Å². The molecular formula is C22H19N3O4S. The molecule has 3 aromatic rings. The molecule has 8 heteroatoms. The molecule has 0 radical (unpaired) electrons. The summed E-state index contributed by atoms with van der Waals surface area (Å²) in [6, 6.07) is 18.3. The number of nitro groups is 1. The Bertz CT molecular complexity index is 1120. The van der Waals surface area contributed by atoms with Crippen molar-refractivity contribution in [3.63, 3.8) is 0 Å². The summed E-state index contributed by atoms with van der Waals surface area (Å²) in [5, 5.41) is 16.8. The fourth-order valence-electron chi connectivity index (χ4n) is 2.80. The number of nitrogens with one attached hydrogen (secondary N) is 2. The number of carbonyl (C=O) groups excluding carboxylic acids is 2. The van der Waals surface area contributed by atoms with Crippen LogP contribution in [0.4, 0.5) is 17.1 Å². The van der Waals surface area contributed by atoms with Crippen LogP contribution in [-0.4, -0.2) is 23.0 Å². The maximum Gasteiger partial charge on any atom is 0.283 e. The number of benzene rings is 3. The first-order chi connectivity index (χ1) is 14.4. The fraction of sp³-hybridized carbons (Fsp3) is 0.0909. The Morgan fingerprint density at radius 3 is 2.27 bits per heavy atom. The van der Waals surface area contributed by atoms with Gasteiger partial charge < -0.3 is 10.6 Å². The smallest absolute Gasteiger partial charge is 0.283 e. The van der Waals surface area contributed by atoms with Gasteiger partial charge in [-0.2, -0.15) is 0 Å². The first kappa shape index (κ1) is 21.1. The van der Waals surface area contributed by atoms with Crippen molar-refractivity contribution in [3.05, 3.63) is 93.5 Å². The zero-order chi connectivity index (χ0) is 21.7. The van der Waals surface area contributed by atoms with Crippen molar-refractivity contribution in [2.75, 3.05) is 16.9 Å². The molecule has 0 heterocycles. The highest BCUT2D eigenvalue weighted by atomic mass is 32.2. The van der Waals surface area contributed by atoms with Crippen LogP contribution in [-0.2, 0) is 0 Å². The van der Waals surface area contributed by atoms with Crippen molar-refractivity contribution >= 4 is 40.6 Å². The molecule has 152 valence electrons. The summed E-state index contributed by atoms with van der Waals surface area (Å²) in [7, 11) is 0. The van der Waals surface area contributed by atoms with E-state index in [0.29, 0.717) is 21.8 Å². The van der Waals surface area contributed by atoms with E-state index in [9.17, 15) is 19.7 Å². The number of carbonyl (C=O) groups is 2. The number of amides is 2. The highest BCUT2D eigenvalue weighted by molar-refractivity contribution is 7.98. The van der Waals surface area contributed by atoms with Gasteiger partial charge in [0.2, 0.25) is 0 Å². The average molecular weight is 421 g/mol. The minimum absolute atomic E-state index is 0.115. The van der Waals surface area contributed by atoms with Gasteiger partial charge in [-0.25, -0.2) is 0 Å². The number of thioether (sulfide) groups is 1. The second-order valence-electron chi connectivity index (χ2n) is 6.45. The molecule has 0 aliphatic carbocycles. The van der Waals surface area contributed by atoms with Crippen molar-refractivity contribution in [3.8, 4) is 0 Å². The Hall–Kier alpha value is -3.65. The highest BCUT2D eigenvalue weighted by Gasteiger charge is 2.18. The predicted octanol–water partition coefficient (Wildman–Crippen LogP) is 5.13. The molecule has 0 bridgehead atoms. The van der Waals surface area contributed by atoms with E-state index < -0.39 is 10.8 Å². The first-order valence-electron chi connectivity index (χ1n) is 9.00. The van der Waals surface area contributed by atoms with Crippen molar-refractivity contribution in [1.29, 1.82) is 0 Å². The first-order valence-corrected chi connectivity index (χ1v) is 10.2. The molecule has 7 nitrogen and oxygen atoms in total. The van der Waals surface area contributed by atoms with Crippen LogP contribution in [0, 0.1) is 17.0 Å². The molecule has 0 aliphatic rings. The SMILES string of the molecule is CSc1ccc(C(=O)Nc2cc(NC(=O)c3ccccc3)ccc2C)cc1[N+](=O)[O-]. The maximum absolute atomic E-state index is 12.7. The van der Waals surface area contributed by atoms with Crippen molar-refractivity contribution in [1.82, 2.24) is 0 Å². The normalized spacial score (nSPS) is 10.3. The zero-order valence-electron chi connectivity index (χ0n) is 16.3. The summed E-state index contributed by atoms with van der Waals surface area (Å²) in [5.41, 5.74) is 2.39.